The van der Waals surface area contributed by atoms with Crippen molar-refractivity contribution in [3.05, 3.63) is 27.8 Å². The third-order valence-corrected chi connectivity index (χ3v) is 4.29. The fraction of sp³-hybridized carbons (Fsp3) is 0.600. The van der Waals surface area contributed by atoms with Crippen LogP contribution >= 0.6 is 22.6 Å². The van der Waals surface area contributed by atoms with E-state index in [1.807, 2.05) is 4.90 Å². The molecule has 0 saturated carbocycles. The summed E-state index contributed by atoms with van der Waals surface area (Å²) in [5.74, 6) is 1.00. The first-order valence-corrected chi connectivity index (χ1v) is 8.14. The van der Waals surface area contributed by atoms with Crippen LogP contribution in [0, 0.1) is 3.57 Å². The molecule has 100 valence electrons. The lowest BCUT2D eigenvalue weighted by molar-refractivity contribution is -0.887. The van der Waals surface area contributed by atoms with E-state index < -0.39 is 0 Å². The van der Waals surface area contributed by atoms with Crippen molar-refractivity contribution >= 4 is 22.6 Å². The van der Waals surface area contributed by atoms with Crippen LogP contribution in [0.2, 0.25) is 0 Å². The Labute approximate surface area is 124 Å². The Kier molecular flexibility index (Phi) is 6.28. The van der Waals surface area contributed by atoms with Gasteiger partial charge in [-0.25, -0.2) is 0 Å². The Hall–Kier alpha value is -0.290. The summed E-state index contributed by atoms with van der Waals surface area (Å²) in [6.07, 6.45) is 6.70. The second-order valence-corrected chi connectivity index (χ2v) is 6.32. The zero-order valence-electron chi connectivity index (χ0n) is 11.0. The Balaban J connectivity index is 1.49. The van der Waals surface area contributed by atoms with Crippen LogP contribution in [0.4, 0.5) is 0 Å². The average molecular weight is 360 g/mol. The number of ether oxygens (including phenoxy) is 1. The van der Waals surface area contributed by atoms with Gasteiger partial charge in [0.05, 0.1) is 26.2 Å². The van der Waals surface area contributed by atoms with Crippen molar-refractivity contribution in [3.63, 3.8) is 0 Å². The van der Waals surface area contributed by atoms with Crippen molar-refractivity contribution in [2.75, 3.05) is 26.2 Å². The van der Waals surface area contributed by atoms with Crippen LogP contribution in [0.1, 0.15) is 32.1 Å². The molecular weight excluding hydrogens is 337 g/mol. The van der Waals surface area contributed by atoms with Crippen molar-refractivity contribution in [1.82, 2.24) is 0 Å². The van der Waals surface area contributed by atoms with Crippen LogP contribution in [0.25, 0.3) is 0 Å². The molecule has 0 spiro atoms. The molecule has 0 atom stereocenters. The van der Waals surface area contributed by atoms with Gasteiger partial charge in [0, 0.05) is 16.4 Å². The summed E-state index contributed by atoms with van der Waals surface area (Å²) in [6, 6.07) is 8.28. The number of hydrogen-bond donors (Lipinski definition) is 1. The summed E-state index contributed by atoms with van der Waals surface area (Å²) in [5, 5.41) is 0. The summed E-state index contributed by atoms with van der Waals surface area (Å²) < 4.78 is 6.98. The van der Waals surface area contributed by atoms with Gasteiger partial charge in [-0.15, -0.1) is 0 Å². The smallest absolute Gasteiger partial charge is 0.119 e. The van der Waals surface area contributed by atoms with Crippen molar-refractivity contribution < 1.29 is 9.64 Å². The number of quaternary nitrogens is 1. The highest BCUT2D eigenvalue weighted by Crippen LogP contribution is 2.13. The van der Waals surface area contributed by atoms with Gasteiger partial charge in [-0.1, -0.05) is 0 Å². The molecule has 2 rings (SSSR count). The molecule has 18 heavy (non-hydrogen) atoms. The second kappa shape index (κ2) is 8.00. The van der Waals surface area contributed by atoms with E-state index in [1.54, 1.807) is 0 Å². The Morgan fingerprint density at radius 2 is 1.72 bits per heavy atom. The van der Waals surface area contributed by atoms with E-state index in [4.69, 9.17) is 4.74 Å². The first kappa shape index (κ1) is 14.1. The van der Waals surface area contributed by atoms with E-state index in [9.17, 15) is 0 Å². The number of halogens is 1. The number of unbranched alkanes of at least 4 members (excludes halogenated alkanes) is 2. The topological polar surface area (TPSA) is 13.7 Å². The van der Waals surface area contributed by atoms with Gasteiger partial charge in [0.1, 0.15) is 5.75 Å². The minimum atomic E-state index is 0.857. The maximum absolute atomic E-state index is 5.72. The lowest BCUT2D eigenvalue weighted by Gasteiger charge is -2.11. The molecule has 2 nitrogen and oxygen atoms in total. The molecule has 0 bridgehead atoms. The van der Waals surface area contributed by atoms with Crippen molar-refractivity contribution in [1.29, 1.82) is 0 Å². The third-order valence-electron chi connectivity index (χ3n) is 3.57. The summed E-state index contributed by atoms with van der Waals surface area (Å²) in [4.78, 5) is 1.81. The van der Waals surface area contributed by atoms with Gasteiger partial charge in [-0.3, -0.25) is 0 Å². The van der Waals surface area contributed by atoms with E-state index in [0.717, 1.165) is 12.4 Å². The first-order chi connectivity index (χ1) is 8.84. The molecule has 1 aliphatic rings. The fourth-order valence-corrected chi connectivity index (χ4v) is 2.86. The van der Waals surface area contributed by atoms with E-state index in [1.165, 1.54) is 55.3 Å². The zero-order chi connectivity index (χ0) is 12.6. The van der Waals surface area contributed by atoms with Gasteiger partial charge in [0.15, 0.2) is 0 Å². The summed E-state index contributed by atoms with van der Waals surface area (Å²) in [7, 11) is 0. The minimum absolute atomic E-state index is 0.857. The Morgan fingerprint density at radius 3 is 2.44 bits per heavy atom. The molecule has 0 unspecified atom stereocenters. The van der Waals surface area contributed by atoms with Crippen molar-refractivity contribution in [3.8, 4) is 5.75 Å². The highest BCUT2D eigenvalue weighted by Gasteiger charge is 2.13. The van der Waals surface area contributed by atoms with Gasteiger partial charge >= 0.3 is 0 Å². The molecule has 0 radical (unpaired) electrons. The number of likely N-dealkylation sites (tertiary alicyclic amines) is 1. The molecule has 1 heterocycles. The van der Waals surface area contributed by atoms with Gasteiger partial charge in [-0.05, 0) is 66.1 Å². The Morgan fingerprint density at radius 1 is 1.00 bits per heavy atom. The number of benzene rings is 1. The van der Waals surface area contributed by atoms with E-state index in [0.29, 0.717) is 0 Å². The van der Waals surface area contributed by atoms with Gasteiger partial charge in [0.2, 0.25) is 0 Å². The summed E-state index contributed by atoms with van der Waals surface area (Å²) >= 11 is 2.31. The molecule has 0 aliphatic carbocycles. The van der Waals surface area contributed by atoms with Gasteiger partial charge in [0.25, 0.3) is 0 Å². The average Bonchev–Trinajstić information content (AvgIpc) is 2.89. The van der Waals surface area contributed by atoms with Crippen LogP contribution in [-0.2, 0) is 0 Å². The molecule has 1 aromatic carbocycles. The van der Waals surface area contributed by atoms with Crippen LogP contribution in [0.3, 0.4) is 0 Å². The summed E-state index contributed by atoms with van der Waals surface area (Å²) in [6.45, 7) is 5.03. The van der Waals surface area contributed by atoms with E-state index >= 15 is 0 Å². The SMILES string of the molecule is Ic1ccc(OCCCCC[NH+]2CCCC2)cc1. The monoisotopic (exact) mass is 360 g/mol. The molecule has 1 aliphatic heterocycles. The molecule has 0 amide bonds. The van der Waals surface area contributed by atoms with E-state index in [-0.39, 0.29) is 0 Å². The van der Waals surface area contributed by atoms with Crippen molar-refractivity contribution in [2.24, 2.45) is 0 Å². The highest BCUT2D eigenvalue weighted by atomic mass is 127. The minimum Gasteiger partial charge on any atom is -0.494 e. The quantitative estimate of drug-likeness (QED) is 0.583. The van der Waals surface area contributed by atoms with Gasteiger partial charge < -0.3 is 9.64 Å². The number of nitrogens with one attached hydrogen (secondary N) is 1. The molecule has 1 N–H and O–H groups in total. The predicted octanol–water partition coefficient (Wildman–Crippen LogP) is 2.52. The number of rotatable bonds is 7. The lowest BCUT2D eigenvalue weighted by Crippen LogP contribution is -3.09. The second-order valence-electron chi connectivity index (χ2n) is 5.07. The molecule has 1 fully saturated rings. The van der Waals surface area contributed by atoms with Crippen LogP contribution in [0.5, 0.6) is 5.75 Å². The lowest BCUT2D eigenvalue weighted by atomic mass is 10.2. The fourth-order valence-electron chi connectivity index (χ4n) is 2.50. The van der Waals surface area contributed by atoms with Crippen LogP contribution < -0.4 is 9.64 Å². The van der Waals surface area contributed by atoms with Crippen LogP contribution in [0.15, 0.2) is 24.3 Å². The van der Waals surface area contributed by atoms with Crippen molar-refractivity contribution in [2.45, 2.75) is 32.1 Å². The van der Waals surface area contributed by atoms with Crippen LogP contribution in [-0.4, -0.2) is 26.2 Å². The zero-order valence-corrected chi connectivity index (χ0v) is 13.1. The van der Waals surface area contributed by atoms with Gasteiger partial charge in [-0.2, -0.15) is 0 Å². The third kappa shape index (κ3) is 5.14. The molecule has 0 aromatic heterocycles. The molecule has 1 saturated heterocycles. The molecule has 1 aromatic rings. The number of hydrogen-bond acceptors (Lipinski definition) is 1. The standard InChI is InChI=1S/C15H22INO/c16-14-6-8-15(9-7-14)18-13-5-1-2-10-17-11-3-4-12-17/h6-9H,1-5,10-13H2/p+1. The molecule has 3 heteroatoms. The molecular formula is C15H23INO+. The predicted molar refractivity (Wildman–Crippen MR) is 83.3 cm³/mol. The Bertz CT molecular complexity index is 333. The maximum Gasteiger partial charge on any atom is 0.119 e. The summed E-state index contributed by atoms with van der Waals surface area (Å²) in [5.41, 5.74) is 0. The highest BCUT2D eigenvalue weighted by molar-refractivity contribution is 14.1. The first-order valence-electron chi connectivity index (χ1n) is 7.06. The van der Waals surface area contributed by atoms with E-state index in [2.05, 4.69) is 46.9 Å². The largest absolute Gasteiger partial charge is 0.494 e. The normalized spacial score (nSPS) is 16.1. The maximum atomic E-state index is 5.72.